The molecule has 0 amide bonds. The summed E-state index contributed by atoms with van der Waals surface area (Å²) in [5.74, 6) is 0. The van der Waals surface area contributed by atoms with Crippen LogP contribution >= 0.6 is 0 Å². The molecule has 1 aliphatic rings. The molecule has 0 radical (unpaired) electrons. The topological polar surface area (TPSA) is 3.24 Å². The van der Waals surface area contributed by atoms with Crippen molar-refractivity contribution in [1.82, 2.24) is 4.90 Å². The average molecular weight is 337 g/mol. The first kappa shape index (κ1) is 16.4. The van der Waals surface area contributed by atoms with Crippen LogP contribution in [-0.2, 0) is 6.54 Å². The van der Waals surface area contributed by atoms with Gasteiger partial charge in [-0.25, -0.2) is 0 Å². The summed E-state index contributed by atoms with van der Waals surface area (Å²) < 4.78 is 0. The summed E-state index contributed by atoms with van der Waals surface area (Å²) in [5, 5.41) is 0. The number of hydrogen-bond donors (Lipinski definition) is 0. The second-order valence-electron chi connectivity index (χ2n) is 6.68. The molecular weight excluding hydrogens is 314 g/mol. The van der Waals surface area contributed by atoms with Gasteiger partial charge in [-0.15, -0.1) is 6.58 Å². The van der Waals surface area contributed by atoms with Crippen molar-refractivity contribution < 1.29 is 0 Å². The fourth-order valence-corrected chi connectivity index (χ4v) is 3.76. The van der Waals surface area contributed by atoms with Crippen LogP contribution in [0.15, 0.2) is 97.6 Å². The van der Waals surface area contributed by atoms with E-state index < -0.39 is 0 Å². The normalized spacial score (nSPS) is 15.9. The number of benzene rings is 3. The highest BCUT2D eigenvalue weighted by Crippen LogP contribution is 2.41. The van der Waals surface area contributed by atoms with Gasteiger partial charge in [0.15, 0.2) is 0 Å². The predicted molar refractivity (Wildman–Crippen MR) is 110 cm³/mol. The van der Waals surface area contributed by atoms with Crippen LogP contribution in [0.1, 0.15) is 34.7 Å². The fraction of sp³-hybridized carbons (Fsp3) is 0.120. The largest absolute Gasteiger partial charge is 0.359 e. The van der Waals surface area contributed by atoms with Gasteiger partial charge in [-0.2, -0.15) is 0 Å². The van der Waals surface area contributed by atoms with Crippen molar-refractivity contribution in [2.75, 3.05) is 0 Å². The maximum Gasteiger partial charge on any atom is 0.0586 e. The van der Waals surface area contributed by atoms with Crippen LogP contribution in [0.3, 0.4) is 0 Å². The van der Waals surface area contributed by atoms with E-state index in [1.165, 1.54) is 28.0 Å². The summed E-state index contributed by atoms with van der Waals surface area (Å²) in [6.07, 6.45) is 5.29. The molecule has 0 aliphatic carbocycles. The van der Waals surface area contributed by atoms with Crippen LogP contribution in [0.5, 0.6) is 0 Å². The molecule has 128 valence electrons. The Morgan fingerprint density at radius 2 is 1.46 bits per heavy atom. The van der Waals surface area contributed by atoms with Crippen LogP contribution in [-0.4, -0.2) is 4.90 Å². The van der Waals surface area contributed by atoms with Gasteiger partial charge < -0.3 is 4.90 Å². The van der Waals surface area contributed by atoms with E-state index in [0.717, 1.165) is 13.0 Å². The minimum Gasteiger partial charge on any atom is -0.359 e. The van der Waals surface area contributed by atoms with E-state index >= 15 is 0 Å². The number of nitrogens with zero attached hydrogens (tertiary/aromatic N) is 1. The number of fused-ring (bicyclic) bond motifs is 1. The summed E-state index contributed by atoms with van der Waals surface area (Å²) >= 11 is 0. The fourth-order valence-electron chi connectivity index (χ4n) is 3.76. The van der Waals surface area contributed by atoms with E-state index in [9.17, 15) is 0 Å². The first-order valence-electron chi connectivity index (χ1n) is 9.14. The molecule has 0 bridgehead atoms. The molecule has 1 heteroatoms. The van der Waals surface area contributed by atoms with Gasteiger partial charge in [-0.3, -0.25) is 0 Å². The van der Waals surface area contributed by atoms with Crippen LogP contribution < -0.4 is 0 Å². The quantitative estimate of drug-likeness (QED) is 0.493. The lowest BCUT2D eigenvalue weighted by molar-refractivity contribution is 0.289. The Labute approximate surface area is 155 Å². The molecule has 3 aromatic carbocycles. The zero-order valence-corrected chi connectivity index (χ0v) is 14.9. The number of rotatable bonds is 5. The highest BCUT2D eigenvalue weighted by atomic mass is 15.2. The molecule has 0 fully saturated rings. The van der Waals surface area contributed by atoms with Gasteiger partial charge in [0.2, 0.25) is 0 Å². The molecule has 1 aliphatic heterocycles. The average Bonchev–Trinajstić information content (AvgIpc) is 2.71. The second kappa shape index (κ2) is 7.45. The lowest BCUT2D eigenvalue weighted by Gasteiger charge is -2.39. The molecule has 1 atom stereocenters. The van der Waals surface area contributed by atoms with Crippen LogP contribution in [0.2, 0.25) is 0 Å². The molecule has 0 aromatic heterocycles. The molecule has 1 nitrogen and oxygen atoms in total. The van der Waals surface area contributed by atoms with Crippen molar-refractivity contribution >= 4 is 11.8 Å². The highest BCUT2D eigenvalue weighted by Gasteiger charge is 2.28. The summed E-state index contributed by atoms with van der Waals surface area (Å²) in [6, 6.07) is 30.4. The molecule has 1 heterocycles. The molecule has 4 rings (SSSR count). The first-order valence-corrected chi connectivity index (χ1v) is 9.14. The molecule has 0 N–H and O–H groups in total. The van der Waals surface area contributed by atoms with Crippen molar-refractivity contribution in [3.63, 3.8) is 0 Å². The lowest BCUT2D eigenvalue weighted by atomic mass is 9.89. The summed E-state index contributed by atoms with van der Waals surface area (Å²) in [4.78, 5) is 2.52. The van der Waals surface area contributed by atoms with Gasteiger partial charge in [-0.05, 0) is 34.8 Å². The first-order chi connectivity index (χ1) is 12.9. The predicted octanol–water partition coefficient (Wildman–Crippen LogP) is 6.32. The number of hydrogen-bond acceptors (Lipinski definition) is 1. The Hall–Kier alpha value is -3.06. The van der Waals surface area contributed by atoms with Crippen LogP contribution in [0.25, 0.3) is 11.8 Å². The van der Waals surface area contributed by atoms with Gasteiger partial charge in [-0.1, -0.05) is 91.0 Å². The molecule has 0 saturated carbocycles. The van der Waals surface area contributed by atoms with Gasteiger partial charge in [0, 0.05) is 12.2 Å². The van der Waals surface area contributed by atoms with Gasteiger partial charge in [0.1, 0.15) is 0 Å². The van der Waals surface area contributed by atoms with E-state index in [-0.39, 0.29) is 0 Å². The minimum atomic E-state index is 0.295. The van der Waals surface area contributed by atoms with Crippen molar-refractivity contribution in [2.45, 2.75) is 19.0 Å². The van der Waals surface area contributed by atoms with Crippen LogP contribution in [0.4, 0.5) is 0 Å². The van der Waals surface area contributed by atoms with E-state index in [2.05, 4.69) is 102 Å². The van der Waals surface area contributed by atoms with E-state index in [4.69, 9.17) is 0 Å². The zero-order chi connectivity index (χ0) is 17.8. The van der Waals surface area contributed by atoms with Crippen molar-refractivity contribution in [2.24, 2.45) is 0 Å². The summed E-state index contributed by atoms with van der Waals surface area (Å²) in [6.45, 7) is 4.90. The molecule has 26 heavy (non-hydrogen) atoms. The third-order valence-corrected chi connectivity index (χ3v) is 4.99. The standard InChI is InChI=1S/C25H23N/c1-2-11-24-23-17-10-9-16-22(23)18-25(21-14-7-4-8-15-21)26(24)19-20-12-5-3-6-13-20/h2-10,12-18,24H,1,11,19H2. The maximum absolute atomic E-state index is 4.02. The van der Waals surface area contributed by atoms with Crippen LogP contribution in [0, 0.1) is 0 Å². The highest BCUT2D eigenvalue weighted by molar-refractivity contribution is 5.83. The molecule has 1 unspecified atom stereocenters. The Bertz CT molecular complexity index is 909. The Balaban J connectivity index is 1.84. The second-order valence-corrected chi connectivity index (χ2v) is 6.68. The monoisotopic (exact) mass is 337 g/mol. The van der Waals surface area contributed by atoms with Gasteiger partial charge in [0.25, 0.3) is 0 Å². The Morgan fingerprint density at radius 3 is 2.19 bits per heavy atom. The van der Waals surface area contributed by atoms with Gasteiger partial charge in [0.05, 0.1) is 6.04 Å². The Kier molecular flexibility index (Phi) is 4.70. The SMILES string of the molecule is C=CCC1c2ccccc2C=C(c2ccccc2)N1Cc1ccccc1. The Morgan fingerprint density at radius 1 is 0.808 bits per heavy atom. The van der Waals surface area contributed by atoms with E-state index in [1.54, 1.807) is 0 Å². The molecular formula is C25H23N. The molecule has 0 saturated heterocycles. The van der Waals surface area contributed by atoms with Crippen molar-refractivity contribution in [3.8, 4) is 0 Å². The third-order valence-electron chi connectivity index (χ3n) is 4.99. The summed E-state index contributed by atoms with van der Waals surface area (Å²) in [5.41, 5.74) is 6.54. The molecule has 0 spiro atoms. The third kappa shape index (κ3) is 3.21. The smallest absolute Gasteiger partial charge is 0.0586 e. The van der Waals surface area contributed by atoms with Gasteiger partial charge >= 0.3 is 0 Å². The lowest BCUT2D eigenvalue weighted by Crippen LogP contribution is -2.30. The van der Waals surface area contributed by atoms with E-state index in [0.29, 0.717) is 6.04 Å². The minimum absolute atomic E-state index is 0.295. The summed E-state index contributed by atoms with van der Waals surface area (Å²) in [7, 11) is 0. The zero-order valence-electron chi connectivity index (χ0n) is 14.9. The van der Waals surface area contributed by atoms with Crippen molar-refractivity contribution in [1.29, 1.82) is 0 Å². The maximum atomic E-state index is 4.02. The van der Waals surface area contributed by atoms with E-state index in [1.807, 2.05) is 6.08 Å². The van der Waals surface area contributed by atoms with Crippen molar-refractivity contribution in [3.05, 3.63) is 120 Å². The molecule has 3 aromatic rings.